The number of nitrogens with zero attached hydrogens (tertiary/aromatic N) is 5. The molecule has 0 aliphatic carbocycles. The van der Waals surface area contributed by atoms with Gasteiger partial charge in [0.1, 0.15) is 5.75 Å². The third-order valence-electron chi connectivity index (χ3n) is 5.14. The fraction of sp³-hybridized carbons (Fsp3) is 0.348. The van der Waals surface area contributed by atoms with Crippen LogP contribution in [-0.4, -0.2) is 40.5 Å². The van der Waals surface area contributed by atoms with E-state index < -0.39 is 0 Å². The van der Waals surface area contributed by atoms with Crippen LogP contribution in [0.25, 0.3) is 23.1 Å². The maximum atomic E-state index is 5.53. The molecule has 0 spiro atoms. The van der Waals surface area contributed by atoms with E-state index in [9.17, 15) is 0 Å². The van der Waals surface area contributed by atoms with E-state index in [1.807, 2.05) is 28.8 Å². The summed E-state index contributed by atoms with van der Waals surface area (Å²) in [6.07, 6.45) is 2.18. The number of benzene rings is 1. The molecule has 3 aromatic heterocycles. The molecule has 30 heavy (non-hydrogen) atoms. The Bertz CT molecular complexity index is 1230. The number of methoxy groups -OCH3 is 1. The van der Waals surface area contributed by atoms with Crippen molar-refractivity contribution in [3.05, 3.63) is 52.2 Å². The van der Waals surface area contributed by atoms with Crippen LogP contribution in [0.3, 0.4) is 0 Å². The molecule has 0 aliphatic heterocycles. The Morgan fingerprint density at radius 2 is 1.90 bits per heavy atom. The lowest BCUT2D eigenvalue weighted by atomic mass is 9.91. The van der Waals surface area contributed by atoms with Gasteiger partial charge in [-0.3, -0.25) is 0 Å². The first-order chi connectivity index (χ1) is 14.3. The van der Waals surface area contributed by atoms with Crippen LogP contribution in [0.5, 0.6) is 5.75 Å². The van der Waals surface area contributed by atoms with E-state index in [2.05, 4.69) is 68.0 Å². The van der Waals surface area contributed by atoms with Crippen molar-refractivity contribution in [1.82, 2.24) is 19.8 Å². The second kappa shape index (κ2) is 7.72. The largest absolute Gasteiger partial charge is 0.496 e. The molecule has 0 N–H and O–H groups in total. The topological polar surface area (TPSA) is 55.6 Å². The first kappa shape index (κ1) is 20.3. The van der Waals surface area contributed by atoms with Crippen molar-refractivity contribution in [1.29, 1.82) is 0 Å². The number of hydrogen-bond acceptors (Lipinski definition) is 6. The molecule has 6 nitrogen and oxygen atoms in total. The predicted molar refractivity (Wildman–Crippen MR) is 124 cm³/mol. The Morgan fingerprint density at radius 3 is 2.60 bits per heavy atom. The van der Waals surface area contributed by atoms with E-state index in [1.165, 1.54) is 9.88 Å². The number of aromatic nitrogens is 4. The minimum atomic E-state index is -0.134. The second-order valence-corrected chi connectivity index (χ2v) is 9.40. The van der Waals surface area contributed by atoms with E-state index in [0.29, 0.717) is 5.82 Å². The average Bonchev–Trinajstić information content (AvgIpc) is 3.43. The zero-order chi connectivity index (χ0) is 21.5. The molecule has 0 saturated heterocycles. The van der Waals surface area contributed by atoms with Gasteiger partial charge in [-0.05, 0) is 37.3 Å². The summed E-state index contributed by atoms with van der Waals surface area (Å²) < 4.78 is 7.38. The molecule has 0 unspecified atom stereocenters. The van der Waals surface area contributed by atoms with Crippen molar-refractivity contribution in [2.75, 3.05) is 25.6 Å². The van der Waals surface area contributed by atoms with Crippen LogP contribution in [0.1, 0.15) is 38.3 Å². The molecular formula is C23H27N5OS. The highest BCUT2D eigenvalue weighted by Gasteiger charge is 2.25. The van der Waals surface area contributed by atoms with Crippen LogP contribution in [0.15, 0.2) is 36.4 Å². The maximum Gasteiger partial charge on any atom is 0.189 e. The van der Waals surface area contributed by atoms with Gasteiger partial charge in [-0.25, -0.2) is 0 Å². The average molecular weight is 422 g/mol. The number of anilines is 1. The van der Waals surface area contributed by atoms with Gasteiger partial charge in [-0.1, -0.05) is 32.9 Å². The summed E-state index contributed by atoms with van der Waals surface area (Å²) in [5, 5.41) is 16.2. The van der Waals surface area contributed by atoms with Crippen LogP contribution in [-0.2, 0) is 5.41 Å². The smallest absolute Gasteiger partial charge is 0.189 e. The summed E-state index contributed by atoms with van der Waals surface area (Å²) >= 11 is 1.77. The molecule has 0 atom stereocenters. The molecule has 0 amide bonds. The van der Waals surface area contributed by atoms with Gasteiger partial charge < -0.3 is 9.64 Å². The fourth-order valence-corrected chi connectivity index (χ4v) is 4.38. The first-order valence-corrected chi connectivity index (χ1v) is 10.9. The van der Waals surface area contributed by atoms with E-state index in [-0.39, 0.29) is 5.41 Å². The van der Waals surface area contributed by atoms with Crippen molar-refractivity contribution in [2.45, 2.75) is 33.1 Å². The van der Waals surface area contributed by atoms with E-state index in [1.54, 1.807) is 18.4 Å². The Kier molecular flexibility index (Phi) is 5.24. The number of ether oxygens (including phenoxy) is 1. The van der Waals surface area contributed by atoms with Gasteiger partial charge in [0.25, 0.3) is 0 Å². The number of para-hydroxylation sites is 1. The number of thiophene rings is 1. The van der Waals surface area contributed by atoms with Crippen molar-refractivity contribution in [2.24, 2.45) is 0 Å². The lowest BCUT2D eigenvalue weighted by Crippen LogP contribution is -2.22. The van der Waals surface area contributed by atoms with Crippen LogP contribution < -0.4 is 14.9 Å². The lowest BCUT2D eigenvalue weighted by Gasteiger charge is -2.15. The fourth-order valence-electron chi connectivity index (χ4n) is 3.41. The second-order valence-electron chi connectivity index (χ2n) is 8.31. The number of rotatable bonds is 5. The number of hydrogen-bond donors (Lipinski definition) is 0. The van der Waals surface area contributed by atoms with Crippen LogP contribution in [0, 0.1) is 0 Å². The summed E-state index contributed by atoms with van der Waals surface area (Å²) in [6.45, 7) is 9.65. The molecule has 4 aromatic rings. The molecule has 0 bridgehead atoms. The zero-order valence-corrected chi connectivity index (χ0v) is 19.1. The summed E-state index contributed by atoms with van der Waals surface area (Å²) in [5.41, 5.74) is 2.51. The van der Waals surface area contributed by atoms with Crippen LogP contribution >= 0.6 is 11.3 Å². The Balaban J connectivity index is 1.93. The molecule has 0 radical (unpaired) electrons. The Morgan fingerprint density at radius 1 is 1.13 bits per heavy atom. The molecule has 0 aliphatic rings. The van der Waals surface area contributed by atoms with Crippen LogP contribution in [0.2, 0.25) is 0 Å². The van der Waals surface area contributed by atoms with E-state index >= 15 is 0 Å². The van der Waals surface area contributed by atoms with Gasteiger partial charge in [0.05, 0.1) is 23.4 Å². The normalized spacial score (nSPS) is 12.7. The van der Waals surface area contributed by atoms with Crippen molar-refractivity contribution >= 4 is 28.1 Å². The molecule has 1 aromatic carbocycles. The highest BCUT2D eigenvalue weighted by Crippen LogP contribution is 2.30. The van der Waals surface area contributed by atoms with Gasteiger partial charge in [0, 0.05) is 29.1 Å². The summed E-state index contributed by atoms with van der Waals surface area (Å²) in [4.78, 5) is 3.41. The highest BCUT2D eigenvalue weighted by molar-refractivity contribution is 7.16. The van der Waals surface area contributed by atoms with Gasteiger partial charge in [-0.2, -0.15) is 9.61 Å². The molecule has 0 fully saturated rings. The van der Waals surface area contributed by atoms with Crippen molar-refractivity contribution < 1.29 is 4.74 Å². The minimum Gasteiger partial charge on any atom is -0.496 e. The van der Waals surface area contributed by atoms with Gasteiger partial charge >= 0.3 is 0 Å². The Hall–Kier alpha value is -2.93. The van der Waals surface area contributed by atoms with E-state index in [0.717, 1.165) is 34.4 Å². The van der Waals surface area contributed by atoms with E-state index in [4.69, 9.17) is 9.84 Å². The number of fused-ring (bicyclic) bond motifs is 1. The maximum absolute atomic E-state index is 5.53. The molecule has 4 rings (SSSR count). The molecule has 0 saturated carbocycles. The minimum absolute atomic E-state index is 0.134. The molecule has 156 valence electrons. The third kappa shape index (κ3) is 3.54. The SMILES string of the molecule is CCN(C)c1ccc(/C=c2/c(C(C)(C)C)nn3c(-c4ccccc4OC)nnc23)s1. The van der Waals surface area contributed by atoms with Crippen molar-refractivity contribution in [3.63, 3.8) is 0 Å². The summed E-state index contributed by atoms with van der Waals surface area (Å²) in [5.74, 6) is 1.44. The monoisotopic (exact) mass is 421 g/mol. The molecular weight excluding hydrogens is 394 g/mol. The van der Waals surface area contributed by atoms with Crippen molar-refractivity contribution in [3.8, 4) is 17.1 Å². The van der Waals surface area contributed by atoms with Gasteiger partial charge in [0.15, 0.2) is 11.5 Å². The highest BCUT2D eigenvalue weighted by atomic mass is 32.1. The lowest BCUT2D eigenvalue weighted by molar-refractivity contribution is 0.416. The standard InChI is InChI=1S/C23H27N5OS/c1-7-27(5)19-13-12-15(30-19)14-17-20(23(2,3)4)26-28-21(24-25-22(17)28)16-10-8-9-11-18(16)29-6/h8-14H,7H2,1-6H3/b17-14-. The predicted octanol–water partition coefficient (Wildman–Crippen LogP) is 4.16. The van der Waals surface area contributed by atoms with Crippen LogP contribution in [0.4, 0.5) is 5.00 Å². The third-order valence-corrected chi connectivity index (χ3v) is 6.29. The first-order valence-electron chi connectivity index (χ1n) is 10.0. The Labute approximate surface area is 180 Å². The molecule has 3 heterocycles. The molecule has 7 heteroatoms. The quantitative estimate of drug-likeness (QED) is 0.484. The van der Waals surface area contributed by atoms with Gasteiger partial charge in [-0.15, -0.1) is 21.5 Å². The summed E-state index contributed by atoms with van der Waals surface area (Å²) in [6, 6.07) is 12.1. The van der Waals surface area contributed by atoms with Gasteiger partial charge in [0.2, 0.25) is 0 Å². The zero-order valence-electron chi connectivity index (χ0n) is 18.3. The summed E-state index contributed by atoms with van der Waals surface area (Å²) in [7, 11) is 3.77.